The smallest absolute Gasteiger partial charge is 0.256 e. The number of imidazole rings is 2. The lowest BCUT2D eigenvalue weighted by Gasteiger charge is -2.18. The number of anilines is 3. The van der Waals surface area contributed by atoms with Crippen LogP contribution < -0.4 is 34.5 Å². The Bertz CT molecular complexity index is 2730. The van der Waals surface area contributed by atoms with E-state index in [2.05, 4.69) is 32.3 Å². The van der Waals surface area contributed by atoms with Gasteiger partial charge in [0.2, 0.25) is 23.4 Å². The fourth-order valence-corrected chi connectivity index (χ4v) is 7.14. The zero-order valence-electron chi connectivity index (χ0n) is 33.1. The molecule has 0 unspecified atom stereocenters. The second-order valence-corrected chi connectivity index (χ2v) is 13.9. The van der Waals surface area contributed by atoms with Gasteiger partial charge in [-0.05, 0) is 18.2 Å². The Hall–Kier alpha value is -7.44. The average Bonchev–Trinajstić information content (AvgIpc) is 4.08. The topological polar surface area (TPSA) is 193 Å². The van der Waals surface area contributed by atoms with Crippen molar-refractivity contribution in [2.45, 2.75) is 18.8 Å². The third-order valence-corrected chi connectivity index (χ3v) is 10.1. The largest absolute Gasteiger partial charge is 0.493 e. The van der Waals surface area contributed by atoms with E-state index in [9.17, 15) is 9.59 Å². The normalized spacial score (nSPS) is 15.1. The van der Waals surface area contributed by atoms with Crippen LogP contribution in [0.25, 0.3) is 33.5 Å². The number of alkyl halides is 1. The number of amides is 1. The Morgan fingerprint density at radius 2 is 1.75 bits per heavy atom. The van der Waals surface area contributed by atoms with Crippen LogP contribution in [0.5, 0.6) is 23.1 Å². The van der Waals surface area contributed by atoms with Gasteiger partial charge >= 0.3 is 0 Å². The van der Waals surface area contributed by atoms with Gasteiger partial charge in [-0.3, -0.25) is 14.3 Å². The van der Waals surface area contributed by atoms with Gasteiger partial charge in [0.25, 0.3) is 5.88 Å². The number of hydrogen-bond acceptors (Lipinski definition) is 13. The minimum absolute atomic E-state index is 0.0588. The summed E-state index contributed by atoms with van der Waals surface area (Å²) >= 11 is 0. The molecule has 5 aromatic heterocycles. The van der Waals surface area contributed by atoms with E-state index in [1.807, 2.05) is 24.3 Å². The highest BCUT2D eigenvalue weighted by Crippen LogP contribution is 2.39. The van der Waals surface area contributed by atoms with Crippen LogP contribution in [-0.2, 0) is 25.4 Å². The van der Waals surface area contributed by atoms with Crippen LogP contribution in [0.4, 0.5) is 21.8 Å². The molecule has 19 heteroatoms. The Morgan fingerprint density at radius 1 is 0.983 bits per heavy atom. The van der Waals surface area contributed by atoms with Gasteiger partial charge in [-0.15, -0.1) is 5.10 Å². The maximum absolute atomic E-state index is 15.8. The molecule has 2 atom stereocenters. The van der Waals surface area contributed by atoms with Crippen molar-refractivity contribution in [3.8, 4) is 34.5 Å². The highest BCUT2D eigenvalue weighted by atomic mass is 19.1. The summed E-state index contributed by atoms with van der Waals surface area (Å²) in [6.07, 6.45) is 5.25. The summed E-state index contributed by atoms with van der Waals surface area (Å²) in [5.74, 6) is 1.36. The number of hydrogen-bond donors (Lipinski definition) is 3. The second-order valence-electron chi connectivity index (χ2n) is 13.9. The van der Waals surface area contributed by atoms with Crippen LogP contribution in [-0.4, -0.2) is 109 Å². The third-order valence-electron chi connectivity index (χ3n) is 10.1. The van der Waals surface area contributed by atoms with Gasteiger partial charge in [-0.25, -0.2) is 14.4 Å². The van der Waals surface area contributed by atoms with Gasteiger partial charge in [-0.1, -0.05) is 24.8 Å². The van der Waals surface area contributed by atoms with Gasteiger partial charge in [-0.2, -0.15) is 9.97 Å². The van der Waals surface area contributed by atoms with Gasteiger partial charge in [0.15, 0.2) is 28.5 Å². The number of H-pyrrole nitrogens is 1. The summed E-state index contributed by atoms with van der Waals surface area (Å²) in [6, 6.07) is 9.85. The molecule has 59 heavy (non-hydrogen) atoms. The number of aryl methyl sites for hydroxylation is 2. The van der Waals surface area contributed by atoms with Crippen LogP contribution in [0.15, 0.2) is 73.5 Å². The number of para-hydroxylation sites is 1. The zero-order chi connectivity index (χ0) is 41.5. The first-order chi connectivity index (χ1) is 28.5. The lowest BCUT2D eigenvalue weighted by Crippen LogP contribution is -2.42. The molecule has 3 N–H and O–H groups in total. The molecule has 1 amide bonds. The second kappa shape index (κ2) is 15.5. The number of nitrogens with one attached hydrogen (secondary N) is 3. The highest BCUT2D eigenvalue weighted by molar-refractivity contribution is 6.09. The van der Waals surface area contributed by atoms with Crippen molar-refractivity contribution >= 4 is 51.2 Å². The molecule has 1 fully saturated rings. The van der Waals surface area contributed by atoms with Crippen molar-refractivity contribution in [3.05, 3.63) is 84.7 Å². The highest BCUT2D eigenvalue weighted by Gasteiger charge is 2.36. The number of nitrogens with zero attached hydrogens (tertiary/aromatic N) is 9. The summed E-state index contributed by atoms with van der Waals surface area (Å²) in [7, 11) is 9.48. The maximum Gasteiger partial charge on any atom is 0.256 e. The van der Waals surface area contributed by atoms with E-state index in [0.717, 1.165) is 10.9 Å². The van der Waals surface area contributed by atoms with Crippen LogP contribution in [0.2, 0.25) is 0 Å². The molecule has 1 aliphatic rings. The first-order valence-corrected chi connectivity index (χ1v) is 18.4. The van der Waals surface area contributed by atoms with E-state index < -0.39 is 23.9 Å². The molecule has 0 aliphatic carbocycles. The van der Waals surface area contributed by atoms with Crippen molar-refractivity contribution in [1.82, 2.24) is 49.2 Å². The lowest BCUT2D eigenvalue weighted by molar-refractivity contribution is -0.118. The van der Waals surface area contributed by atoms with Crippen molar-refractivity contribution in [2.75, 3.05) is 51.7 Å². The van der Waals surface area contributed by atoms with E-state index >= 15 is 4.39 Å². The number of rotatable bonds is 14. The molecule has 1 saturated heterocycles. The average molecular weight is 805 g/mol. The van der Waals surface area contributed by atoms with E-state index in [4.69, 9.17) is 33.9 Å². The maximum atomic E-state index is 15.8. The van der Waals surface area contributed by atoms with Crippen molar-refractivity contribution in [2.24, 2.45) is 14.1 Å². The Kier molecular flexibility index (Phi) is 10.1. The van der Waals surface area contributed by atoms with Crippen LogP contribution >= 0.6 is 0 Å². The number of ketones is 1. The minimum Gasteiger partial charge on any atom is -0.493 e. The monoisotopic (exact) mass is 804 g/mol. The predicted molar refractivity (Wildman–Crippen MR) is 217 cm³/mol. The molecular formula is C40H41FN12O6. The molecule has 8 rings (SSSR count). The molecule has 0 saturated carbocycles. The molecule has 304 valence electrons. The van der Waals surface area contributed by atoms with Gasteiger partial charge < -0.3 is 48.6 Å². The molecule has 0 spiro atoms. The van der Waals surface area contributed by atoms with Crippen molar-refractivity contribution in [3.63, 3.8) is 0 Å². The molecule has 18 nitrogen and oxygen atoms in total. The molecule has 2 aromatic carbocycles. The number of ether oxygens (including phenoxy) is 4. The van der Waals surface area contributed by atoms with E-state index in [1.54, 1.807) is 69.9 Å². The Morgan fingerprint density at radius 3 is 2.47 bits per heavy atom. The van der Waals surface area contributed by atoms with Gasteiger partial charge in [0.05, 0.1) is 60.1 Å². The molecule has 6 heterocycles. The number of halogens is 1. The fraction of sp³-hybridized carbons (Fsp3) is 0.275. The number of fused-ring (bicyclic) bond motifs is 2. The predicted octanol–water partition coefficient (Wildman–Crippen LogP) is 4.35. The summed E-state index contributed by atoms with van der Waals surface area (Å²) in [5.41, 5.74) is 3.60. The fourth-order valence-electron chi connectivity index (χ4n) is 7.14. The zero-order valence-corrected chi connectivity index (χ0v) is 33.1. The van der Waals surface area contributed by atoms with Crippen LogP contribution in [0, 0.1) is 0 Å². The van der Waals surface area contributed by atoms with Crippen molar-refractivity contribution < 1.29 is 32.9 Å². The SMILES string of the molecule is C=C(Cn1cc(C(=O)c2cc(OC)c(OC)c(OC)c2)nc1-c1c[nH]c2ccccc12)C(=O)N[C@@H]1CN(c2nc(Nc3cn(C)nc3OC)c3ncn(C)c3n2)C[C@H]1F. The number of benzene rings is 2. The Labute approximate surface area is 336 Å². The molecule has 7 aromatic rings. The number of aromatic amines is 1. The first-order valence-electron chi connectivity index (χ1n) is 18.4. The number of methoxy groups -OCH3 is 4. The summed E-state index contributed by atoms with van der Waals surface area (Å²) in [5, 5.41) is 11.2. The van der Waals surface area contributed by atoms with Crippen LogP contribution in [0.3, 0.4) is 0 Å². The molecular weight excluding hydrogens is 764 g/mol. The van der Waals surface area contributed by atoms with Gasteiger partial charge in [0, 0.05) is 60.6 Å². The number of carbonyl (C=O) groups is 2. The number of aromatic nitrogens is 9. The third kappa shape index (κ3) is 7.10. The van der Waals surface area contributed by atoms with Crippen molar-refractivity contribution in [1.29, 1.82) is 0 Å². The summed E-state index contributed by atoms with van der Waals surface area (Å²) in [6.45, 7) is 4.01. The quantitative estimate of drug-likeness (QED) is 0.104. The standard InChI is InChI=1S/C40H41FN12O6/c1-21(38(55)46-27-18-53(16-25(27)41)40-47-35(32-37(48-40)50(2)20-43-32)44-29-17-51(3)49-39(29)59-7)15-52-19-28(45-36(52)24-14-42-26-11-9-8-10-23(24)26)33(54)22-12-30(56-4)34(58-6)31(13-22)57-5/h8-14,17,19-20,25,27,42H,1,15-16,18H2,2-7H3,(H,46,55)(H,44,47,48)/t25-,27-/m1/s1. The number of carbonyl (C=O) groups excluding carboxylic acids is 2. The molecule has 0 radical (unpaired) electrons. The van der Waals surface area contributed by atoms with E-state index in [0.29, 0.717) is 57.2 Å². The lowest BCUT2D eigenvalue weighted by atomic mass is 10.1. The van der Waals surface area contributed by atoms with Crippen LogP contribution in [0.1, 0.15) is 16.1 Å². The van der Waals surface area contributed by atoms with E-state index in [-0.39, 0.29) is 42.4 Å². The molecule has 1 aliphatic heterocycles. The van der Waals surface area contributed by atoms with Gasteiger partial charge in [0.1, 0.15) is 23.4 Å². The molecule has 0 bridgehead atoms. The summed E-state index contributed by atoms with van der Waals surface area (Å²) < 4.78 is 42.6. The summed E-state index contributed by atoms with van der Waals surface area (Å²) in [4.78, 5) is 51.3. The Balaban J connectivity index is 1.04. The van der Waals surface area contributed by atoms with E-state index in [1.165, 1.54) is 28.4 Å². The minimum atomic E-state index is -1.45. The first kappa shape index (κ1) is 38.4.